The van der Waals surface area contributed by atoms with Gasteiger partial charge in [-0.1, -0.05) is 53.1 Å². The maximum atomic E-state index is 6.25. The predicted molar refractivity (Wildman–Crippen MR) is 192 cm³/mol. The molecule has 10 unspecified atom stereocenters. The molecule has 0 aromatic rings. The van der Waals surface area contributed by atoms with E-state index in [-0.39, 0.29) is 6.23 Å². The van der Waals surface area contributed by atoms with Gasteiger partial charge in [-0.2, -0.15) is 0 Å². The Morgan fingerprint density at radius 3 is 1.78 bits per heavy atom. The average molecular weight is 650 g/mol. The molecule has 2 aliphatic carbocycles. The van der Waals surface area contributed by atoms with Crippen LogP contribution in [0.4, 0.5) is 0 Å². The first kappa shape index (κ1) is 36.6. The van der Waals surface area contributed by atoms with Crippen molar-refractivity contribution in [3.8, 4) is 0 Å². The van der Waals surface area contributed by atoms with Gasteiger partial charge in [0.05, 0.1) is 30.9 Å². The minimum absolute atomic E-state index is 0.270. The van der Waals surface area contributed by atoms with Gasteiger partial charge in [0, 0.05) is 26.9 Å². The third-order valence-corrected chi connectivity index (χ3v) is 19.6. The van der Waals surface area contributed by atoms with Gasteiger partial charge in [0.15, 0.2) is 0 Å². The largest absolute Gasteiger partial charge is 0.360 e. The molecule has 5 rings (SSSR count). The molecule has 0 spiro atoms. The van der Waals surface area contributed by atoms with Gasteiger partial charge in [0.2, 0.25) is 0 Å². The van der Waals surface area contributed by atoms with E-state index in [9.17, 15) is 0 Å². The molecule has 8 heteroatoms. The molecule has 5 aliphatic rings. The van der Waals surface area contributed by atoms with Crippen molar-refractivity contribution in [1.29, 1.82) is 0 Å². The lowest BCUT2D eigenvalue weighted by molar-refractivity contribution is -0.217. The van der Waals surface area contributed by atoms with Crippen LogP contribution in [0.15, 0.2) is 0 Å². The molecule has 3 heterocycles. The maximum absolute atomic E-state index is 6.25. The molecule has 3 saturated heterocycles. The number of rotatable bonds is 0. The van der Waals surface area contributed by atoms with Crippen molar-refractivity contribution in [3.05, 3.63) is 0 Å². The van der Waals surface area contributed by atoms with Gasteiger partial charge in [-0.15, -0.1) is 22.8 Å². The van der Waals surface area contributed by atoms with E-state index in [0.717, 1.165) is 30.1 Å². The Hall–Kier alpha value is 1.14. The van der Waals surface area contributed by atoms with Crippen LogP contribution in [0.3, 0.4) is 0 Å². The minimum Gasteiger partial charge on any atom is -0.360 e. The first-order valence-electron chi connectivity index (χ1n) is 16.1. The first-order valence-corrected chi connectivity index (χ1v) is 23.6. The molecular formula is C33H65NO3P2S2. The fourth-order valence-electron chi connectivity index (χ4n) is 8.17. The Labute approximate surface area is 263 Å². The van der Waals surface area contributed by atoms with Crippen molar-refractivity contribution >= 4 is 48.0 Å². The molecule has 10 atom stereocenters. The van der Waals surface area contributed by atoms with Crippen LogP contribution in [0.2, 0.25) is 0 Å². The molecule has 41 heavy (non-hydrogen) atoms. The zero-order chi connectivity index (χ0) is 31.2. The van der Waals surface area contributed by atoms with Crippen LogP contribution in [-0.4, -0.2) is 77.4 Å². The average Bonchev–Trinajstić information content (AvgIpc) is 2.74. The summed E-state index contributed by atoms with van der Waals surface area (Å²) in [5, 5.41) is 0. The van der Waals surface area contributed by atoms with E-state index in [1.807, 2.05) is 22.8 Å². The zero-order valence-electron chi connectivity index (χ0n) is 28.9. The monoisotopic (exact) mass is 649 g/mol. The van der Waals surface area contributed by atoms with E-state index in [1.165, 1.54) is 38.5 Å². The zero-order valence-corrected chi connectivity index (χ0v) is 32.3. The highest BCUT2D eigenvalue weighted by molar-refractivity contribution is 8.60. The second-order valence-electron chi connectivity index (χ2n) is 15.9. The van der Waals surface area contributed by atoms with E-state index >= 15 is 0 Å². The standard InChI is InChI=1S/C13H25NO.C12H23OPS.C8H17OPS/c1-9-6-7-11-12(8-9)15-10(2)14(5)13(11,3)4;1-9-6-7-10-11(8-9)13-14(4,5)15-12(10,2)3;1-7-6-8(2,3)11-10(4,5)9-7/h9-12H,6-8H2,1-5H3;9-11H,4,6-8H2,1-3,5H3;7H,4,6H2,1-3,5H3. The molecule has 2 saturated carbocycles. The second kappa shape index (κ2) is 13.5. The van der Waals surface area contributed by atoms with Crippen LogP contribution in [0, 0.1) is 23.7 Å². The minimum atomic E-state index is -1.41. The Bertz CT molecular complexity index is 986. The molecule has 5 fully saturated rings. The SMILES string of the molecule is C=P1(C)OC(C)CC(C)(C)S1.C=P1(C)OC2CC(C)CCC2C(C)(C)S1.CC1CCC2C(C1)OC(C)N(C)C2(C)C. The van der Waals surface area contributed by atoms with Crippen LogP contribution in [0.25, 0.3) is 0 Å². The Morgan fingerprint density at radius 1 is 0.732 bits per heavy atom. The van der Waals surface area contributed by atoms with Crippen LogP contribution in [-0.2, 0) is 13.8 Å². The van der Waals surface area contributed by atoms with Crippen molar-refractivity contribution in [1.82, 2.24) is 4.90 Å². The summed E-state index contributed by atoms with van der Waals surface area (Å²) >= 11 is 3.94. The van der Waals surface area contributed by atoms with Gasteiger partial charge in [0.25, 0.3) is 0 Å². The lowest BCUT2D eigenvalue weighted by Crippen LogP contribution is -2.62. The van der Waals surface area contributed by atoms with Crippen molar-refractivity contribution < 1.29 is 13.8 Å². The van der Waals surface area contributed by atoms with Gasteiger partial charge in [-0.05, 0) is 106 Å². The molecule has 0 aromatic carbocycles. The Morgan fingerprint density at radius 2 is 1.24 bits per heavy atom. The van der Waals surface area contributed by atoms with Crippen molar-refractivity contribution in [2.75, 3.05) is 20.4 Å². The number of hydrogen-bond acceptors (Lipinski definition) is 6. The van der Waals surface area contributed by atoms with Gasteiger partial charge >= 0.3 is 0 Å². The van der Waals surface area contributed by atoms with Crippen molar-refractivity contribution in [3.63, 3.8) is 0 Å². The van der Waals surface area contributed by atoms with Crippen LogP contribution < -0.4 is 0 Å². The van der Waals surface area contributed by atoms with Gasteiger partial charge in [-0.25, -0.2) is 0 Å². The molecule has 242 valence electrons. The molecule has 0 aromatic heterocycles. The fraction of sp³-hybridized carbons (Fsp3) is 0.939. The number of fused-ring (bicyclic) bond motifs is 2. The van der Waals surface area contributed by atoms with Gasteiger partial charge in [-0.3, -0.25) is 4.90 Å². The molecule has 3 aliphatic heterocycles. The first-order chi connectivity index (χ1) is 18.5. The van der Waals surface area contributed by atoms with E-state index in [0.29, 0.717) is 33.3 Å². The lowest BCUT2D eigenvalue weighted by Gasteiger charge is -2.55. The normalized spacial score (nSPS) is 46.9. The summed E-state index contributed by atoms with van der Waals surface area (Å²) in [4.78, 5) is 2.39. The third kappa shape index (κ3) is 9.81. The third-order valence-electron chi connectivity index (χ3n) is 10.1. The van der Waals surface area contributed by atoms with Crippen molar-refractivity contribution in [2.45, 2.75) is 154 Å². The Balaban J connectivity index is 0.000000172. The second-order valence-corrected chi connectivity index (χ2v) is 28.7. The molecule has 0 amide bonds. The number of hydrogen-bond donors (Lipinski definition) is 0. The summed E-state index contributed by atoms with van der Waals surface area (Å²) in [6.45, 7) is 27.5. The smallest absolute Gasteiger partial charge is 0.108 e. The molecule has 4 nitrogen and oxygen atoms in total. The molecular weight excluding hydrogens is 584 g/mol. The molecule has 0 bridgehead atoms. The summed E-state index contributed by atoms with van der Waals surface area (Å²) in [7, 11) is 2.19. The summed E-state index contributed by atoms with van der Waals surface area (Å²) in [5.74, 6) is 3.14. The molecule has 0 radical (unpaired) electrons. The lowest BCUT2D eigenvalue weighted by atomic mass is 9.70. The summed E-state index contributed by atoms with van der Waals surface area (Å²) in [6, 6.07) is 0. The highest BCUT2D eigenvalue weighted by Gasteiger charge is 2.48. The van der Waals surface area contributed by atoms with E-state index in [4.69, 9.17) is 13.8 Å². The van der Waals surface area contributed by atoms with E-state index in [1.54, 1.807) is 0 Å². The van der Waals surface area contributed by atoms with Crippen LogP contribution in [0.5, 0.6) is 0 Å². The van der Waals surface area contributed by atoms with E-state index < -0.39 is 12.6 Å². The van der Waals surface area contributed by atoms with Crippen LogP contribution in [0.1, 0.15) is 114 Å². The summed E-state index contributed by atoms with van der Waals surface area (Å²) in [5.41, 5.74) is 0.294. The van der Waals surface area contributed by atoms with E-state index in [2.05, 4.69) is 107 Å². The molecule has 0 N–H and O–H groups in total. The van der Waals surface area contributed by atoms with Crippen LogP contribution >= 0.6 is 35.4 Å². The van der Waals surface area contributed by atoms with Crippen molar-refractivity contribution in [2.24, 2.45) is 23.7 Å². The maximum Gasteiger partial charge on any atom is 0.108 e. The fourth-order valence-corrected chi connectivity index (χ4v) is 20.4. The quantitative estimate of drug-likeness (QED) is 0.243. The summed E-state index contributed by atoms with van der Waals surface area (Å²) in [6.07, 6.45) is 16.4. The van der Waals surface area contributed by atoms with Gasteiger partial charge in [0.1, 0.15) is 6.23 Å². The predicted octanol–water partition coefficient (Wildman–Crippen LogP) is 10.3. The highest BCUT2D eigenvalue weighted by atomic mass is 32.7. The topological polar surface area (TPSA) is 30.9 Å². The number of nitrogens with zero attached hydrogens (tertiary/aromatic N) is 1. The summed E-state index contributed by atoms with van der Waals surface area (Å²) < 4.78 is 18.9. The van der Waals surface area contributed by atoms with Gasteiger partial charge < -0.3 is 13.8 Å². The number of ether oxygens (including phenoxy) is 1. The highest BCUT2D eigenvalue weighted by Crippen LogP contribution is 2.69. The Kier molecular flexibility index (Phi) is 12.0.